The molecule has 0 saturated heterocycles. The molecule has 0 rings (SSSR count). The summed E-state index contributed by atoms with van der Waals surface area (Å²) in [5.74, 6) is 0.576. The van der Waals surface area contributed by atoms with E-state index in [9.17, 15) is 5.11 Å². The zero-order chi connectivity index (χ0) is 21.3. The zero-order valence-corrected chi connectivity index (χ0v) is 20.7. The second-order valence-corrected chi connectivity index (χ2v) is 9.70. The predicted octanol–water partition coefficient (Wildman–Crippen LogP) is 10.00. The Morgan fingerprint density at radius 3 is 0.862 bits per heavy atom. The predicted molar refractivity (Wildman–Crippen MR) is 133 cm³/mol. The van der Waals surface area contributed by atoms with Crippen LogP contribution in [0, 0.1) is 5.92 Å². The van der Waals surface area contributed by atoms with E-state index in [2.05, 4.69) is 13.8 Å². The third-order valence-electron chi connectivity index (χ3n) is 6.69. The molecule has 0 aromatic heterocycles. The molecule has 0 aliphatic rings. The van der Waals surface area contributed by atoms with Crippen LogP contribution < -0.4 is 0 Å². The van der Waals surface area contributed by atoms with Crippen LogP contribution in [0.5, 0.6) is 0 Å². The molecule has 0 radical (unpaired) electrons. The van der Waals surface area contributed by atoms with Crippen LogP contribution in [0.1, 0.15) is 168 Å². The van der Waals surface area contributed by atoms with E-state index < -0.39 is 0 Å². The van der Waals surface area contributed by atoms with Gasteiger partial charge in [-0.3, -0.25) is 0 Å². The molecule has 0 aromatic carbocycles. The van der Waals surface area contributed by atoms with E-state index in [1.54, 1.807) is 0 Å². The van der Waals surface area contributed by atoms with E-state index in [1.165, 1.54) is 154 Å². The van der Waals surface area contributed by atoms with Crippen molar-refractivity contribution < 1.29 is 5.11 Å². The summed E-state index contributed by atoms with van der Waals surface area (Å²) >= 11 is 0. The molecule has 176 valence electrons. The van der Waals surface area contributed by atoms with Gasteiger partial charge in [0.05, 0.1) is 0 Å². The summed E-state index contributed by atoms with van der Waals surface area (Å²) in [4.78, 5) is 0. The molecule has 0 aromatic rings. The van der Waals surface area contributed by atoms with Crippen molar-refractivity contribution in [3.63, 3.8) is 0 Å². The lowest BCUT2D eigenvalue weighted by Crippen LogP contribution is -2.06. The fraction of sp³-hybridized carbons (Fsp3) is 1.00. The van der Waals surface area contributed by atoms with Gasteiger partial charge in [-0.25, -0.2) is 0 Å². The molecule has 1 N–H and O–H groups in total. The molecule has 0 saturated carbocycles. The van der Waals surface area contributed by atoms with Crippen LogP contribution in [0.2, 0.25) is 0 Å². The van der Waals surface area contributed by atoms with Gasteiger partial charge in [0.2, 0.25) is 0 Å². The lowest BCUT2D eigenvalue weighted by Gasteiger charge is -2.13. The minimum Gasteiger partial charge on any atom is -0.396 e. The highest BCUT2D eigenvalue weighted by molar-refractivity contribution is 4.59. The Morgan fingerprint density at radius 1 is 0.379 bits per heavy atom. The van der Waals surface area contributed by atoms with Crippen molar-refractivity contribution in [1.82, 2.24) is 0 Å². The average molecular weight is 411 g/mol. The van der Waals surface area contributed by atoms with Gasteiger partial charge >= 0.3 is 0 Å². The molecular weight excluding hydrogens is 352 g/mol. The molecule has 0 amide bonds. The maximum Gasteiger partial charge on any atom is 0.0459 e. The Bertz CT molecular complexity index is 275. The summed E-state index contributed by atoms with van der Waals surface area (Å²) in [7, 11) is 0. The Kier molecular flexibility index (Phi) is 26.0. The van der Waals surface area contributed by atoms with E-state index in [0.717, 1.165) is 0 Å². The van der Waals surface area contributed by atoms with Crippen molar-refractivity contribution >= 4 is 0 Å². The van der Waals surface area contributed by atoms with Gasteiger partial charge in [0, 0.05) is 6.61 Å². The first kappa shape index (κ1) is 29.0. The van der Waals surface area contributed by atoms with E-state index >= 15 is 0 Å². The average Bonchev–Trinajstić information content (AvgIpc) is 2.74. The fourth-order valence-electron chi connectivity index (χ4n) is 4.52. The van der Waals surface area contributed by atoms with E-state index in [0.29, 0.717) is 12.5 Å². The summed E-state index contributed by atoms with van der Waals surface area (Å²) in [5.41, 5.74) is 0. The number of unbranched alkanes of at least 4 members (excludes halogenated alkanes) is 20. The summed E-state index contributed by atoms with van der Waals surface area (Å²) in [5, 5.41) is 9.64. The normalized spacial score (nSPS) is 12.5. The van der Waals surface area contributed by atoms with Gasteiger partial charge in [0.1, 0.15) is 0 Å². The van der Waals surface area contributed by atoms with E-state index in [-0.39, 0.29) is 0 Å². The molecule has 0 fully saturated rings. The van der Waals surface area contributed by atoms with Crippen molar-refractivity contribution in [1.29, 1.82) is 0 Å². The Hall–Kier alpha value is -0.0400. The topological polar surface area (TPSA) is 20.2 Å². The van der Waals surface area contributed by atoms with Crippen molar-refractivity contribution in [2.24, 2.45) is 5.92 Å². The molecule has 0 spiro atoms. The third kappa shape index (κ3) is 24.1. The van der Waals surface area contributed by atoms with Crippen molar-refractivity contribution in [3.05, 3.63) is 0 Å². The quantitative estimate of drug-likeness (QED) is 0.148. The molecule has 1 atom stereocenters. The van der Waals surface area contributed by atoms with Crippen molar-refractivity contribution in [3.8, 4) is 0 Å². The molecule has 29 heavy (non-hydrogen) atoms. The Morgan fingerprint density at radius 2 is 0.621 bits per heavy atom. The lowest BCUT2D eigenvalue weighted by atomic mass is 9.94. The standard InChI is InChI=1S/C28H58O/c1-3-5-7-9-11-13-14-15-16-18-20-22-24-26-28(27-29)25-23-21-19-17-12-10-8-6-4-2/h28-29H,3-27H2,1-2H3. The van der Waals surface area contributed by atoms with Crippen molar-refractivity contribution in [2.45, 2.75) is 168 Å². The van der Waals surface area contributed by atoms with Crippen LogP contribution in [-0.4, -0.2) is 11.7 Å². The van der Waals surface area contributed by atoms with Gasteiger partial charge in [-0.15, -0.1) is 0 Å². The SMILES string of the molecule is CCCCCCCCCCCCCCCC(CO)CCCCCCCCCCC. The maximum absolute atomic E-state index is 9.64. The van der Waals surface area contributed by atoms with Gasteiger partial charge in [0.15, 0.2) is 0 Å². The first-order valence-electron chi connectivity index (χ1n) is 14.0. The van der Waals surface area contributed by atoms with Crippen LogP contribution in [0.4, 0.5) is 0 Å². The second kappa shape index (κ2) is 26.0. The van der Waals surface area contributed by atoms with Gasteiger partial charge in [0.25, 0.3) is 0 Å². The molecular formula is C28H58O. The molecule has 1 unspecified atom stereocenters. The van der Waals surface area contributed by atoms with Crippen LogP contribution >= 0.6 is 0 Å². The molecule has 1 nitrogen and oxygen atoms in total. The fourth-order valence-corrected chi connectivity index (χ4v) is 4.52. The van der Waals surface area contributed by atoms with Gasteiger partial charge in [-0.05, 0) is 18.8 Å². The Balaban J connectivity index is 3.26. The summed E-state index contributed by atoms with van der Waals surface area (Å²) in [6.45, 7) is 4.99. The summed E-state index contributed by atoms with van der Waals surface area (Å²) in [6, 6.07) is 0. The number of rotatable bonds is 25. The van der Waals surface area contributed by atoms with E-state index in [4.69, 9.17) is 0 Å². The molecule has 0 aliphatic heterocycles. The van der Waals surface area contributed by atoms with Crippen molar-refractivity contribution in [2.75, 3.05) is 6.61 Å². The number of hydrogen-bond donors (Lipinski definition) is 1. The number of aliphatic hydroxyl groups is 1. The van der Waals surface area contributed by atoms with Crippen LogP contribution in [0.15, 0.2) is 0 Å². The van der Waals surface area contributed by atoms with Gasteiger partial charge < -0.3 is 5.11 Å². The summed E-state index contributed by atoms with van der Waals surface area (Å²) < 4.78 is 0. The van der Waals surface area contributed by atoms with Crippen LogP contribution in [0.25, 0.3) is 0 Å². The van der Waals surface area contributed by atoms with E-state index in [1.807, 2.05) is 0 Å². The van der Waals surface area contributed by atoms with Gasteiger partial charge in [-0.2, -0.15) is 0 Å². The number of hydrogen-bond acceptors (Lipinski definition) is 1. The van der Waals surface area contributed by atoms with Gasteiger partial charge in [-0.1, -0.05) is 155 Å². The zero-order valence-electron chi connectivity index (χ0n) is 20.7. The number of aliphatic hydroxyl groups excluding tert-OH is 1. The maximum atomic E-state index is 9.64. The Labute approximate surface area is 185 Å². The second-order valence-electron chi connectivity index (χ2n) is 9.70. The third-order valence-corrected chi connectivity index (χ3v) is 6.69. The monoisotopic (exact) mass is 410 g/mol. The largest absolute Gasteiger partial charge is 0.396 e. The molecule has 0 aliphatic carbocycles. The lowest BCUT2D eigenvalue weighted by molar-refractivity contribution is 0.204. The van der Waals surface area contributed by atoms with Crippen LogP contribution in [-0.2, 0) is 0 Å². The highest BCUT2D eigenvalue weighted by atomic mass is 16.3. The highest BCUT2D eigenvalue weighted by Gasteiger charge is 2.07. The molecule has 1 heteroatoms. The first-order chi connectivity index (χ1) is 14.3. The minimum absolute atomic E-state index is 0.412. The first-order valence-corrected chi connectivity index (χ1v) is 14.0. The smallest absolute Gasteiger partial charge is 0.0459 e. The highest BCUT2D eigenvalue weighted by Crippen LogP contribution is 2.19. The molecule has 0 bridgehead atoms. The molecule has 0 heterocycles. The summed E-state index contributed by atoms with van der Waals surface area (Å²) in [6.07, 6.45) is 33.6. The van der Waals surface area contributed by atoms with Crippen LogP contribution in [0.3, 0.4) is 0 Å². The minimum atomic E-state index is 0.412.